The van der Waals surface area contributed by atoms with Gasteiger partial charge < -0.3 is 0 Å². The van der Waals surface area contributed by atoms with E-state index < -0.39 is 0 Å². The van der Waals surface area contributed by atoms with Crippen LogP contribution in [0.5, 0.6) is 0 Å². The maximum absolute atomic E-state index is 12.3. The van der Waals surface area contributed by atoms with Crippen molar-refractivity contribution >= 4 is 5.78 Å². The van der Waals surface area contributed by atoms with Crippen LogP contribution in [0, 0.1) is 5.41 Å². The lowest BCUT2D eigenvalue weighted by Gasteiger charge is -2.23. The summed E-state index contributed by atoms with van der Waals surface area (Å²) in [4.78, 5) is 12.3. The molecule has 0 aliphatic heterocycles. The van der Waals surface area contributed by atoms with Gasteiger partial charge in [-0.2, -0.15) is 0 Å². The number of ketones is 1. The fraction of sp³-hybridized carbons (Fsp3) is 0.250. The van der Waals surface area contributed by atoms with E-state index in [1.807, 2.05) is 36.4 Å². The SMILES string of the molecule is CC1=CCC(C)(C=CC=C2Cc3ccccc3C2=O)C=C1. The van der Waals surface area contributed by atoms with Crippen molar-refractivity contribution in [3.05, 3.63) is 83.0 Å². The molecule has 0 saturated carbocycles. The van der Waals surface area contributed by atoms with Crippen LogP contribution in [0.1, 0.15) is 36.2 Å². The summed E-state index contributed by atoms with van der Waals surface area (Å²) in [6, 6.07) is 7.88. The molecule has 1 aromatic carbocycles. The molecule has 0 radical (unpaired) electrons. The van der Waals surface area contributed by atoms with Gasteiger partial charge in [0.2, 0.25) is 0 Å². The second-order valence-electron chi connectivity index (χ2n) is 6.21. The number of hydrogen-bond acceptors (Lipinski definition) is 1. The topological polar surface area (TPSA) is 17.1 Å². The number of allylic oxidation sites excluding steroid dienone is 8. The summed E-state index contributed by atoms with van der Waals surface area (Å²) < 4.78 is 0. The molecule has 3 rings (SSSR count). The molecule has 0 N–H and O–H groups in total. The van der Waals surface area contributed by atoms with Crippen molar-refractivity contribution in [1.82, 2.24) is 0 Å². The van der Waals surface area contributed by atoms with Crippen molar-refractivity contribution in [2.24, 2.45) is 5.41 Å². The molecule has 0 bridgehead atoms. The first kappa shape index (κ1) is 13.8. The first-order valence-corrected chi connectivity index (χ1v) is 7.44. The summed E-state index contributed by atoms with van der Waals surface area (Å²) in [5.74, 6) is 0.176. The highest BCUT2D eigenvalue weighted by Gasteiger charge is 2.23. The van der Waals surface area contributed by atoms with Gasteiger partial charge in [-0.1, -0.05) is 73.2 Å². The highest BCUT2D eigenvalue weighted by molar-refractivity contribution is 6.13. The van der Waals surface area contributed by atoms with Gasteiger partial charge in [-0.05, 0) is 18.9 Å². The van der Waals surface area contributed by atoms with Crippen molar-refractivity contribution in [3.63, 3.8) is 0 Å². The number of benzene rings is 1. The molecular weight excluding hydrogens is 256 g/mol. The molecule has 1 aromatic rings. The van der Waals surface area contributed by atoms with Crippen LogP contribution in [0.3, 0.4) is 0 Å². The third-order valence-electron chi connectivity index (χ3n) is 4.30. The second kappa shape index (κ2) is 5.33. The van der Waals surface area contributed by atoms with Crippen LogP contribution in [-0.4, -0.2) is 5.78 Å². The molecule has 0 aromatic heterocycles. The highest BCUT2D eigenvalue weighted by atomic mass is 16.1. The number of carbonyl (C=O) groups excluding carboxylic acids is 1. The van der Waals surface area contributed by atoms with Crippen molar-refractivity contribution in [2.75, 3.05) is 0 Å². The molecule has 0 heterocycles. The lowest BCUT2D eigenvalue weighted by Crippen LogP contribution is -2.10. The average Bonchev–Trinajstić information content (AvgIpc) is 2.80. The lowest BCUT2D eigenvalue weighted by molar-refractivity contribution is 0.103. The molecule has 0 saturated heterocycles. The standard InChI is InChI=1S/C20H20O/c1-15-9-12-20(2,13-10-15)11-5-7-17-14-16-6-3-4-8-18(16)19(17)21/h3-12H,13-14H2,1-2H3. The summed E-state index contributed by atoms with van der Waals surface area (Å²) in [5.41, 5.74) is 4.28. The van der Waals surface area contributed by atoms with E-state index in [0.29, 0.717) is 0 Å². The van der Waals surface area contributed by atoms with Crippen LogP contribution in [0.15, 0.2) is 71.9 Å². The number of rotatable bonds is 2. The van der Waals surface area contributed by atoms with Crippen LogP contribution in [0.4, 0.5) is 0 Å². The van der Waals surface area contributed by atoms with Crippen molar-refractivity contribution < 1.29 is 4.79 Å². The summed E-state index contributed by atoms with van der Waals surface area (Å²) in [6.07, 6.45) is 14.6. The van der Waals surface area contributed by atoms with E-state index in [1.54, 1.807) is 0 Å². The minimum atomic E-state index is 0.0606. The molecule has 0 spiro atoms. The third-order valence-corrected chi connectivity index (χ3v) is 4.30. The first-order valence-electron chi connectivity index (χ1n) is 7.44. The Morgan fingerprint density at radius 1 is 1.24 bits per heavy atom. The Morgan fingerprint density at radius 2 is 2.05 bits per heavy atom. The molecule has 1 nitrogen and oxygen atoms in total. The van der Waals surface area contributed by atoms with E-state index in [2.05, 4.69) is 38.2 Å². The maximum atomic E-state index is 12.3. The molecule has 1 atom stereocenters. The van der Waals surface area contributed by atoms with Gasteiger partial charge in [0, 0.05) is 23.0 Å². The summed E-state index contributed by atoms with van der Waals surface area (Å²) in [7, 11) is 0. The van der Waals surface area contributed by atoms with Gasteiger partial charge in [-0.15, -0.1) is 0 Å². The third kappa shape index (κ3) is 2.82. The van der Waals surface area contributed by atoms with Crippen LogP contribution in [-0.2, 0) is 6.42 Å². The Kier molecular flexibility index (Phi) is 3.50. The van der Waals surface area contributed by atoms with Crippen LogP contribution in [0.25, 0.3) is 0 Å². The maximum Gasteiger partial charge on any atom is 0.189 e. The van der Waals surface area contributed by atoms with Crippen molar-refractivity contribution in [3.8, 4) is 0 Å². The summed E-state index contributed by atoms with van der Waals surface area (Å²) >= 11 is 0. The normalized spacial score (nSPS) is 26.5. The van der Waals surface area contributed by atoms with E-state index in [4.69, 9.17) is 0 Å². The van der Waals surface area contributed by atoms with Gasteiger partial charge in [0.15, 0.2) is 5.78 Å². The zero-order valence-corrected chi connectivity index (χ0v) is 12.6. The van der Waals surface area contributed by atoms with Crippen molar-refractivity contribution in [2.45, 2.75) is 26.7 Å². The Morgan fingerprint density at radius 3 is 2.76 bits per heavy atom. The zero-order valence-electron chi connectivity index (χ0n) is 12.6. The van der Waals surface area contributed by atoms with Crippen LogP contribution in [0.2, 0.25) is 0 Å². The minimum Gasteiger partial charge on any atom is -0.289 e. The van der Waals surface area contributed by atoms with E-state index >= 15 is 0 Å². The van der Waals surface area contributed by atoms with Gasteiger partial charge in [-0.25, -0.2) is 0 Å². The number of carbonyl (C=O) groups is 1. The monoisotopic (exact) mass is 276 g/mol. The van der Waals surface area contributed by atoms with Gasteiger partial charge in [0.25, 0.3) is 0 Å². The van der Waals surface area contributed by atoms with Crippen LogP contribution >= 0.6 is 0 Å². The number of hydrogen-bond donors (Lipinski definition) is 0. The molecule has 0 fully saturated rings. The fourth-order valence-corrected chi connectivity index (χ4v) is 2.84. The van der Waals surface area contributed by atoms with E-state index in [1.165, 1.54) is 5.57 Å². The zero-order chi connectivity index (χ0) is 14.9. The van der Waals surface area contributed by atoms with Gasteiger partial charge in [-0.3, -0.25) is 4.79 Å². The Hall–Kier alpha value is -2.15. The van der Waals surface area contributed by atoms with Gasteiger partial charge in [0.1, 0.15) is 0 Å². The Labute approximate surface area is 126 Å². The molecular formula is C20H20O. The van der Waals surface area contributed by atoms with Gasteiger partial charge >= 0.3 is 0 Å². The minimum absolute atomic E-state index is 0.0606. The Balaban J connectivity index is 1.75. The largest absolute Gasteiger partial charge is 0.289 e. The molecule has 106 valence electrons. The molecule has 1 unspecified atom stereocenters. The van der Waals surface area contributed by atoms with Crippen molar-refractivity contribution in [1.29, 1.82) is 0 Å². The molecule has 2 aliphatic rings. The van der Waals surface area contributed by atoms with E-state index in [-0.39, 0.29) is 11.2 Å². The Bertz CT molecular complexity index is 700. The first-order chi connectivity index (χ1) is 10.1. The predicted molar refractivity (Wildman–Crippen MR) is 87.3 cm³/mol. The summed E-state index contributed by atoms with van der Waals surface area (Å²) in [6.45, 7) is 4.34. The highest BCUT2D eigenvalue weighted by Crippen LogP contribution is 2.31. The number of fused-ring (bicyclic) bond motifs is 1. The molecule has 2 aliphatic carbocycles. The second-order valence-corrected chi connectivity index (χ2v) is 6.21. The van der Waals surface area contributed by atoms with Gasteiger partial charge in [0.05, 0.1) is 0 Å². The summed E-state index contributed by atoms with van der Waals surface area (Å²) in [5, 5.41) is 0. The van der Waals surface area contributed by atoms with E-state index in [9.17, 15) is 4.79 Å². The lowest BCUT2D eigenvalue weighted by atomic mass is 9.82. The van der Waals surface area contributed by atoms with E-state index in [0.717, 1.165) is 29.5 Å². The fourth-order valence-electron chi connectivity index (χ4n) is 2.84. The number of Topliss-reactive ketones (excluding diaryl/α,β-unsaturated/α-hetero) is 1. The molecule has 1 heteroatoms. The quantitative estimate of drug-likeness (QED) is 0.708. The average molecular weight is 276 g/mol. The molecule has 0 amide bonds. The van der Waals surface area contributed by atoms with Crippen LogP contribution < -0.4 is 0 Å². The smallest absolute Gasteiger partial charge is 0.189 e. The molecule has 21 heavy (non-hydrogen) atoms. The predicted octanol–water partition coefficient (Wildman–Crippen LogP) is 4.82.